The van der Waals surface area contributed by atoms with Crippen molar-refractivity contribution in [1.29, 1.82) is 0 Å². The van der Waals surface area contributed by atoms with E-state index in [1.54, 1.807) is 0 Å². The molecule has 0 amide bonds. The van der Waals surface area contributed by atoms with Crippen LogP contribution < -0.4 is 0 Å². The molecule has 4 rings (SSSR count). The van der Waals surface area contributed by atoms with E-state index in [-0.39, 0.29) is 0 Å². The number of fused-ring (bicyclic) bond motifs is 1. The molecule has 24 heavy (non-hydrogen) atoms. The van der Waals surface area contributed by atoms with Gasteiger partial charge in [0.15, 0.2) is 5.82 Å². The lowest BCUT2D eigenvalue weighted by atomic mass is 10.2. The van der Waals surface area contributed by atoms with E-state index >= 15 is 0 Å². The van der Waals surface area contributed by atoms with E-state index in [1.807, 2.05) is 29.9 Å². The minimum atomic E-state index is 0.519. The zero-order chi connectivity index (χ0) is 16.5. The molecule has 1 aliphatic heterocycles. The summed E-state index contributed by atoms with van der Waals surface area (Å²) in [6, 6.07) is 6.71. The van der Waals surface area contributed by atoms with Crippen molar-refractivity contribution in [1.82, 2.24) is 29.6 Å². The highest BCUT2D eigenvalue weighted by Crippen LogP contribution is 2.20. The van der Waals surface area contributed by atoms with Gasteiger partial charge in [-0.1, -0.05) is 11.2 Å². The first-order chi connectivity index (χ1) is 11.7. The van der Waals surface area contributed by atoms with Gasteiger partial charge in [-0.15, -0.1) is 0 Å². The molecule has 1 saturated heterocycles. The maximum Gasteiger partial charge on any atom is 0.223 e. The quantitative estimate of drug-likeness (QED) is 0.711. The summed E-state index contributed by atoms with van der Waals surface area (Å²) in [5.74, 6) is 1.38. The van der Waals surface area contributed by atoms with E-state index in [0.717, 1.165) is 38.4 Å². The average Bonchev–Trinajstić information content (AvgIpc) is 3.29. The van der Waals surface area contributed by atoms with Crippen LogP contribution >= 0.6 is 0 Å². The summed E-state index contributed by atoms with van der Waals surface area (Å²) in [7, 11) is 2.13. The Morgan fingerprint density at radius 1 is 1.38 bits per heavy atom. The zero-order valence-electron chi connectivity index (χ0n) is 14.1. The molecule has 1 unspecified atom stereocenters. The highest BCUT2D eigenvalue weighted by Gasteiger charge is 2.27. The van der Waals surface area contributed by atoms with Crippen LogP contribution in [0.1, 0.15) is 23.7 Å². The fraction of sp³-hybridized carbons (Fsp3) is 0.471. The Hall–Kier alpha value is -2.25. The molecule has 0 spiro atoms. The van der Waals surface area contributed by atoms with Gasteiger partial charge in [-0.25, -0.2) is 4.52 Å². The van der Waals surface area contributed by atoms with Gasteiger partial charge in [-0.05, 0) is 25.6 Å². The molecule has 0 bridgehead atoms. The van der Waals surface area contributed by atoms with Gasteiger partial charge in [0.2, 0.25) is 5.89 Å². The normalized spacial score (nSPS) is 18.9. The van der Waals surface area contributed by atoms with Gasteiger partial charge in [0.1, 0.15) is 0 Å². The summed E-state index contributed by atoms with van der Waals surface area (Å²) in [5, 5.41) is 8.41. The van der Waals surface area contributed by atoms with Gasteiger partial charge in [0.05, 0.1) is 18.3 Å². The number of rotatable bonds is 5. The Balaban J connectivity index is 1.37. The standard InChI is InChI=1S/C17H22N6O/c1-13-19-17(20-24-13)12-21(2)15-6-8-22(11-15)10-14-9-18-23-7-4-3-5-16(14)23/h3-5,7,9,15H,6,8,10-12H2,1-2H3. The molecule has 0 N–H and O–H groups in total. The summed E-state index contributed by atoms with van der Waals surface area (Å²) in [5.41, 5.74) is 2.48. The molecule has 1 fully saturated rings. The van der Waals surface area contributed by atoms with Crippen molar-refractivity contribution in [2.45, 2.75) is 32.5 Å². The van der Waals surface area contributed by atoms with Gasteiger partial charge in [0.25, 0.3) is 0 Å². The second-order valence-electron chi connectivity index (χ2n) is 6.52. The van der Waals surface area contributed by atoms with Crippen molar-refractivity contribution in [2.75, 3.05) is 20.1 Å². The van der Waals surface area contributed by atoms with Gasteiger partial charge >= 0.3 is 0 Å². The molecule has 0 aromatic carbocycles. The lowest BCUT2D eigenvalue weighted by Gasteiger charge is -2.23. The first-order valence-corrected chi connectivity index (χ1v) is 8.32. The summed E-state index contributed by atoms with van der Waals surface area (Å²) >= 11 is 0. The Kier molecular flexibility index (Phi) is 4.03. The van der Waals surface area contributed by atoms with E-state index in [0.29, 0.717) is 11.9 Å². The Morgan fingerprint density at radius 2 is 2.29 bits per heavy atom. The summed E-state index contributed by atoms with van der Waals surface area (Å²) < 4.78 is 6.99. The van der Waals surface area contributed by atoms with E-state index in [4.69, 9.17) is 4.52 Å². The molecular formula is C17H22N6O. The minimum absolute atomic E-state index is 0.519. The van der Waals surface area contributed by atoms with Gasteiger partial charge in [-0.3, -0.25) is 9.80 Å². The molecule has 0 saturated carbocycles. The summed E-state index contributed by atoms with van der Waals surface area (Å²) in [6.07, 6.45) is 5.13. The zero-order valence-corrected chi connectivity index (χ0v) is 14.1. The maximum atomic E-state index is 5.05. The number of pyridine rings is 1. The van der Waals surface area contributed by atoms with Crippen molar-refractivity contribution >= 4 is 5.52 Å². The number of likely N-dealkylation sites (N-methyl/N-ethyl adjacent to an activating group) is 1. The van der Waals surface area contributed by atoms with Crippen LogP contribution in [0.2, 0.25) is 0 Å². The predicted molar refractivity (Wildman–Crippen MR) is 89.4 cm³/mol. The highest BCUT2D eigenvalue weighted by atomic mass is 16.5. The van der Waals surface area contributed by atoms with Crippen LogP contribution in [0.5, 0.6) is 0 Å². The SMILES string of the molecule is Cc1nc(CN(C)C2CCN(Cc3cnn4ccccc34)C2)no1. The van der Waals surface area contributed by atoms with Crippen LogP contribution in [0.15, 0.2) is 35.1 Å². The van der Waals surface area contributed by atoms with E-state index in [2.05, 4.69) is 44.2 Å². The molecule has 1 atom stereocenters. The Labute approximate surface area is 140 Å². The lowest BCUT2D eigenvalue weighted by Crippen LogP contribution is -2.34. The number of nitrogens with zero attached hydrogens (tertiary/aromatic N) is 6. The first kappa shape index (κ1) is 15.3. The molecule has 7 nitrogen and oxygen atoms in total. The molecule has 7 heteroatoms. The molecule has 1 aliphatic rings. The topological polar surface area (TPSA) is 62.7 Å². The number of hydrogen-bond donors (Lipinski definition) is 0. The van der Waals surface area contributed by atoms with E-state index in [1.165, 1.54) is 11.1 Å². The Morgan fingerprint density at radius 3 is 3.12 bits per heavy atom. The smallest absolute Gasteiger partial charge is 0.223 e. The second kappa shape index (κ2) is 6.33. The third-order valence-corrected chi connectivity index (χ3v) is 4.73. The van der Waals surface area contributed by atoms with Gasteiger partial charge < -0.3 is 4.52 Å². The number of hydrogen-bond acceptors (Lipinski definition) is 6. The van der Waals surface area contributed by atoms with Crippen molar-refractivity contribution in [3.05, 3.63) is 47.9 Å². The lowest BCUT2D eigenvalue weighted by molar-refractivity contribution is 0.216. The number of likely N-dealkylation sites (tertiary alicyclic amines) is 1. The monoisotopic (exact) mass is 326 g/mol. The molecule has 0 aliphatic carbocycles. The number of aryl methyl sites for hydroxylation is 1. The second-order valence-corrected chi connectivity index (χ2v) is 6.52. The van der Waals surface area contributed by atoms with Crippen LogP contribution in [0.25, 0.3) is 5.52 Å². The van der Waals surface area contributed by atoms with E-state index < -0.39 is 0 Å². The fourth-order valence-electron chi connectivity index (χ4n) is 3.42. The summed E-state index contributed by atoms with van der Waals surface area (Å²) in [4.78, 5) is 9.10. The minimum Gasteiger partial charge on any atom is -0.340 e. The van der Waals surface area contributed by atoms with E-state index in [9.17, 15) is 0 Å². The first-order valence-electron chi connectivity index (χ1n) is 8.32. The fourth-order valence-corrected chi connectivity index (χ4v) is 3.42. The largest absolute Gasteiger partial charge is 0.340 e. The van der Waals surface area contributed by atoms with Crippen LogP contribution in [0.4, 0.5) is 0 Å². The van der Waals surface area contributed by atoms with Crippen molar-refractivity contribution < 1.29 is 4.52 Å². The van der Waals surface area contributed by atoms with Gasteiger partial charge in [0, 0.05) is 44.4 Å². The van der Waals surface area contributed by atoms with Gasteiger partial charge in [-0.2, -0.15) is 10.1 Å². The molecule has 3 aromatic heterocycles. The van der Waals surface area contributed by atoms with Crippen molar-refractivity contribution in [3.63, 3.8) is 0 Å². The third kappa shape index (κ3) is 3.05. The molecule has 0 radical (unpaired) electrons. The van der Waals surface area contributed by atoms with Crippen molar-refractivity contribution in [2.24, 2.45) is 0 Å². The Bertz CT molecular complexity index is 825. The molecular weight excluding hydrogens is 304 g/mol. The third-order valence-electron chi connectivity index (χ3n) is 4.73. The number of aromatic nitrogens is 4. The highest BCUT2D eigenvalue weighted by molar-refractivity contribution is 5.53. The van der Waals surface area contributed by atoms with Crippen LogP contribution in [-0.4, -0.2) is 55.7 Å². The summed E-state index contributed by atoms with van der Waals surface area (Å²) in [6.45, 7) is 5.65. The molecule has 126 valence electrons. The molecule has 4 heterocycles. The predicted octanol–water partition coefficient (Wildman–Crippen LogP) is 1.73. The molecule has 3 aromatic rings. The van der Waals surface area contributed by atoms with Crippen LogP contribution in [0, 0.1) is 6.92 Å². The maximum absolute atomic E-state index is 5.05. The van der Waals surface area contributed by atoms with Crippen LogP contribution in [-0.2, 0) is 13.1 Å². The van der Waals surface area contributed by atoms with Crippen LogP contribution in [0.3, 0.4) is 0 Å². The average molecular weight is 326 g/mol. The van der Waals surface area contributed by atoms with Crippen molar-refractivity contribution in [3.8, 4) is 0 Å².